The number of fused-ring (bicyclic) bond motifs is 1. The predicted octanol–water partition coefficient (Wildman–Crippen LogP) is 4.92. The first-order valence-electron chi connectivity index (χ1n) is 8.98. The molecule has 1 aliphatic rings. The van der Waals surface area contributed by atoms with E-state index < -0.39 is 17.8 Å². The first-order chi connectivity index (χ1) is 14.0. The fourth-order valence-electron chi connectivity index (χ4n) is 3.21. The number of anilines is 2. The number of hydrogen-bond acceptors (Lipinski definition) is 6. The van der Waals surface area contributed by atoms with Crippen LogP contribution in [0.25, 0.3) is 11.0 Å². The lowest BCUT2D eigenvalue weighted by Crippen LogP contribution is -2.32. The van der Waals surface area contributed by atoms with Crippen LogP contribution in [-0.2, 0) is 6.54 Å². The minimum Gasteiger partial charge on any atom is -0.367 e. The first kappa shape index (κ1) is 20.0. The molecule has 0 aliphatic carbocycles. The molecule has 29 heavy (non-hydrogen) atoms. The van der Waals surface area contributed by atoms with Gasteiger partial charge in [-0.1, -0.05) is 29.8 Å². The average Bonchev–Trinajstić information content (AvgIpc) is 2.73. The van der Waals surface area contributed by atoms with Crippen molar-refractivity contribution in [3.8, 4) is 0 Å². The van der Waals surface area contributed by atoms with Gasteiger partial charge in [0.05, 0.1) is 16.6 Å². The molecule has 0 radical (unpaired) electrons. The van der Waals surface area contributed by atoms with Crippen LogP contribution >= 0.6 is 23.4 Å². The summed E-state index contributed by atoms with van der Waals surface area (Å²) < 4.78 is 40.2. The highest BCUT2D eigenvalue weighted by Crippen LogP contribution is 2.32. The van der Waals surface area contributed by atoms with E-state index in [1.54, 1.807) is 0 Å². The van der Waals surface area contributed by atoms with Gasteiger partial charge in [0, 0.05) is 36.7 Å². The summed E-state index contributed by atoms with van der Waals surface area (Å²) in [4.78, 5) is 14.9. The Morgan fingerprint density at radius 1 is 1.21 bits per heavy atom. The van der Waals surface area contributed by atoms with Crippen molar-refractivity contribution in [2.45, 2.75) is 13.0 Å². The van der Waals surface area contributed by atoms with E-state index in [2.05, 4.69) is 25.2 Å². The second-order valence-electron chi connectivity index (χ2n) is 6.47. The van der Waals surface area contributed by atoms with Crippen LogP contribution in [0.15, 0.2) is 30.6 Å². The number of nitrogens with one attached hydrogen (secondary N) is 1. The second kappa shape index (κ2) is 8.62. The van der Waals surface area contributed by atoms with E-state index in [9.17, 15) is 13.2 Å². The summed E-state index contributed by atoms with van der Waals surface area (Å²) in [5.41, 5.74) is 0.716. The van der Waals surface area contributed by atoms with Gasteiger partial charge in [0.1, 0.15) is 18.0 Å². The Morgan fingerprint density at radius 2 is 2.00 bits per heavy atom. The molecule has 0 unspecified atom stereocenters. The molecule has 1 N–H and O–H groups in total. The van der Waals surface area contributed by atoms with Crippen molar-refractivity contribution in [1.82, 2.24) is 15.0 Å². The molecule has 10 heteroatoms. The van der Waals surface area contributed by atoms with Gasteiger partial charge < -0.3 is 10.2 Å². The standard InChI is InChI=1S/C19H17ClF3N5S/c20-16-14(28-4-6-29-7-5-28)8-13-18(25-10-26-19(13)27-16)24-9-11-2-1-3-12(15(11)21)17(22)23/h1-3,8,10,17H,4-7,9H2,(H,24,25,26,27). The molecule has 1 aliphatic heterocycles. The highest BCUT2D eigenvalue weighted by Gasteiger charge is 2.19. The number of aromatic nitrogens is 3. The minimum absolute atomic E-state index is 0.00315. The maximum absolute atomic E-state index is 14.3. The van der Waals surface area contributed by atoms with Gasteiger partial charge in [-0.15, -0.1) is 0 Å². The molecule has 3 aromatic rings. The zero-order valence-corrected chi connectivity index (χ0v) is 16.8. The number of rotatable bonds is 5. The molecule has 1 saturated heterocycles. The van der Waals surface area contributed by atoms with Crippen LogP contribution in [0.1, 0.15) is 17.6 Å². The molecular formula is C19H17ClF3N5S. The number of alkyl halides is 2. The lowest BCUT2D eigenvalue weighted by atomic mass is 10.1. The Hall–Kier alpha value is -2.26. The third kappa shape index (κ3) is 4.20. The monoisotopic (exact) mass is 439 g/mol. The van der Waals surface area contributed by atoms with Crippen LogP contribution in [0.4, 0.5) is 24.7 Å². The summed E-state index contributed by atoms with van der Waals surface area (Å²) in [6, 6.07) is 5.82. The quantitative estimate of drug-likeness (QED) is 0.569. The van der Waals surface area contributed by atoms with Crippen molar-refractivity contribution in [1.29, 1.82) is 0 Å². The number of halogens is 4. The number of thioether (sulfide) groups is 1. The summed E-state index contributed by atoms with van der Waals surface area (Å²) in [6.45, 7) is 1.72. The van der Waals surface area contributed by atoms with Crippen LogP contribution in [-0.4, -0.2) is 39.5 Å². The molecular weight excluding hydrogens is 423 g/mol. The molecule has 4 rings (SSSR count). The van der Waals surface area contributed by atoms with E-state index in [-0.39, 0.29) is 12.1 Å². The number of pyridine rings is 1. The first-order valence-corrected chi connectivity index (χ1v) is 10.5. The smallest absolute Gasteiger partial charge is 0.266 e. The zero-order valence-electron chi connectivity index (χ0n) is 15.2. The molecule has 0 saturated carbocycles. The van der Waals surface area contributed by atoms with Crippen LogP contribution < -0.4 is 10.2 Å². The van der Waals surface area contributed by atoms with E-state index in [0.29, 0.717) is 22.0 Å². The van der Waals surface area contributed by atoms with E-state index in [0.717, 1.165) is 36.3 Å². The zero-order chi connectivity index (χ0) is 20.4. The number of nitrogens with zero attached hydrogens (tertiary/aromatic N) is 4. The topological polar surface area (TPSA) is 53.9 Å². The minimum atomic E-state index is -2.87. The molecule has 0 spiro atoms. The molecule has 0 amide bonds. The van der Waals surface area contributed by atoms with Gasteiger partial charge in [0.25, 0.3) is 6.43 Å². The van der Waals surface area contributed by atoms with Crippen LogP contribution in [0.5, 0.6) is 0 Å². The molecule has 0 bridgehead atoms. The normalized spacial score (nSPS) is 14.6. The van der Waals surface area contributed by atoms with Crippen LogP contribution in [0.2, 0.25) is 5.15 Å². The summed E-state index contributed by atoms with van der Waals surface area (Å²) in [5.74, 6) is 1.53. The van der Waals surface area contributed by atoms with Gasteiger partial charge in [0.15, 0.2) is 10.8 Å². The summed E-state index contributed by atoms with van der Waals surface area (Å²) >= 11 is 8.25. The lowest BCUT2D eigenvalue weighted by molar-refractivity contribution is 0.146. The molecule has 2 aromatic heterocycles. The van der Waals surface area contributed by atoms with Gasteiger partial charge in [-0.3, -0.25) is 0 Å². The molecule has 152 valence electrons. The third-order valence-corrected chi connectivity index (χ3v) is 5.92. The van der Waals surface area contributed by atoms with Gasteiger partial charge in [-0.05, 0) is 6.07 Å². The molecule has 1 fully saturated rings. The second-order valence-corrected chi connectivity index (χ2v) is 8.05. The van der Waals surface area contributed by atoms with Crippen molar-refractivity contribution in [3.63, 3.8) is 0 Å². The Labute approximate surface area is 174 Å². The van der Waals surface area contributed by atoms with E-state index in [1.165, 1.54) is 18.5 Å². The lowest BCUT2D eigenvalue weighted by Gasteiger charge is -2.29. The largest absolute Gasteiger partial charge is 0.367 e. The van der Waals surface area contributed by atoms with Crippen molar-refractivity contribution < 1.29 is 13.2 Å². The Bertz CT molecular complexity index is 1030. The third-order valence-electron chi connectivity index (χ3n) is 4.70. The highest BCUT2D eigenvalue weighted by molar-refractivity contribution is 7.99. The van der Waals surface area contributed by atoms with Gasteiger partial charge in [-0.25, -0.2) is 28.1 Å². The highest BCUT2D eigenvalue weighted by atomic mass is 35.5. The van der Waals surface area contributed by atoms with Gasteiger partial charge in [-0.2, -0.15) is 11.8 Å². The summed E-state index contributed by atoms with van der Waals surface area (Å²) in [7, 11) is 0. The van der Waals surface area contributed by atoms with Crippen LogP contribution in [0.3, 0.4) is 0 Å². The number of hydrogen-bond donors (Lipinski definition) is 1. The summed E-state index contributed by atoms with van der Waals surface area (Å²) in [5, 5.41) is 4.02. The van der Waals surface area contributed by atoms with Crippen molar-refractivity contribution in [2.75, 3.05) is 34.8 Å². The maximum atomic E-state index is 14.3. The Morgan fingerprint density at radius 3 is 2.76 bits per heavy atom. The summed E-state index contributed by atoms with van der Waals surface area (Å²) in [6.07, 6.45) is -1.54. The Balaban J connectivity index is 1.65. The van der Waals surface area contributed by atoms with Crippen molar-refractivity contribution >= 4 is 45.9 Å². The van der Waals surface area contributed by atoms with Gasteiger partial charge >= 0.3 is 0 Å². The average molecular weight is 440 g/mol. The molecule has 1 aromatic carbocycles. The van der Waals surface area contributed by atoms with E-state index >= 15 is 0 Å². The number of benzene rings is 1. The molecule has 3 heterocycles. The predicted molar refractivity (Wildman–Crippen MR) is 111 cm³/mol. The van der Waals surface area contributed by atoms with Gasteiger partial charge in [0.2, 0.25) is 0 Å². The fraction of sp³-hybridized carbons (Fsp3) is 0.316. The maximum Gasteiger partial charge on any atom is 0.266 e. The van der Waals surface area contributed by atoms with Crippen molar-refractivity contribution in [2.24, 2.45) is 0 Å². The van der Waals surface area contributed by atoms with Crippen LogP contribution in [0, 0.1) is 5.82 Å². The molecule has 5 nitrogen and oxygen atoms in total. The fourth-order valence-corrected chi connectivity index (χ4v) is 4.36. The van der Waals surface area contributed by atoms with E-state index in [1.807, 2.05) is 17.8 Å². The van der Waals surface area contributed by atoms with E-state index in [4.69, 9.17) is 11.6 Å². The van der Waals surface area contributed by atoms with Crippen molar-refractivity contribution in [3.05, 3.63) is 52.7 Å². The SMILES string of the molecule is Fc1c(CNc2ncnc3nc(Cl)c(N4CCSCC4)cc23)cccc1C(F)F. The Kier molecular flexibility index (Phi) is 5.96. The molecule has 0 atom stereocenters.